The van der Waals surface area contributed by atoms with Crippen molar-refractivity contribution in [3.8, 4) is 17.0 Å². The lowest BCUT2D eigenvalue weighted by molar-refractivity contribution is -0.127. The van der Waals surface area contributed by atoms with Crippen LogP contribution in [0.1, 0.15) is 23.8 Å². The number of thiophene rings is 1. The molecule has 5 rings (SSSR count). The molecule has 2 N–H and O–H groups in total. The van der Waals surface area contributed by atoms with Crippen molar-refractivity contribution in [3.63, 3.8) is 0 Å². The zero-order valence-corrected chi connectivity index (χ0v) is 19.2. The van der Waals surface area contributed by atoms with Crippen LogP contribution < -0.4 is 10.5 Å². The number of nitrogen functional groups attached to an aromatic ring is 1. The molecule has 4 heterocycles. The Balaban J connectivity index is 1.44. The lowest BCUT2D eigenvalue weighted by atomic mass is 10.1. The Labute approximate surface area is 199 Å². The highest BCUT2D eigenvalue weighted by Crippen LogP contribution is 2.35. The van der Waals surface area contributed by atoms with Crippen molar-refractivity contribution in [1.82, 2.24) is 24.6 Å². The molecule has 1 amide bonds. The lowest BCUT2D eigenvalue weighted by Crippen LogP contribution is -2.40. The molecule has 1 aliphatic heterocycles. The summed E-state index contributed by atoms with van der Waals surface area (Å²) >= 11 is 1.54. The zero-order valence-electron chi connectivity index (χ0n) is 18.4. The van der Waals surface area contributed by atoms with Crippen molar-refractivity contribution in [1.29, 1.82) is 0 Å². The van der Waals surface area contributed by atoms with Gasteiger partial charge >= 0.3 is 0 Å². The van der Waals surface area contributed by atoms with Crippen LogP contribution in [0.15, 0.2) is 54.7 Å². The van der Waals surface area contributed by atoms with Gasteiger partial charge in [0.25, 0.3) is 0 Å². The summed E-state index contributed by atoms with van der Waals surface area (Å²) in [5.41, 5.74) is 8.49. The molecule has 0 aliphatic carbocycles. The number of piperidine rings is 1. The number of carbonyl (C=O) groups is 1. The SMILES string of the molecule is C=CC(=O)N1CCC[C@@H](n2nc(-c3csc(COc4ccc(F)cc4)c3)c3c(N)ncnc32)C1. The number of hydrogen-bond donors (Lipinski definition) is 1. The van der Waals surface area contributed by atoms with E-state index in [0.717, 1.165) is 23.3 Å². The Hall–Kier alpha value is -3.79. The number of carbonyl (C=O) groups excluding carboxylic acids is 1. The van der Waals surface area contributed by atoms with Gasteiger partial charge in [-0.05, 0) is 49.2 Å². The molecule has 0 radical (unpaired) electrons. The van der Waals surface area contributed by atoms with Gasteiger partial charge in [0.1, 0.15) is 36.0 Å². The van der Waals surface area contributed by atoms with E-state index >= 15 is 0 Å². The summed E-state index contributed by atoms with van der Waals surface area (Å²) < 4.78 is 20.8. The molecule has 1 aromatic carbocycles. The molecule has 34 heavy (non-hydrogen) atoms. The van der Waals surface area contributed by atoms with E-state index in [1.165, 1.54) is 35.9 Å². The van der Waals surface area contributed by atoms with Gasteiger partial charge in [-0.3, -0.25) is 4.79 Å². The molecule has 3 aromatic heterocycles. The van der Waals surface area contributed by atoms with Crippen molar-refractivity contribution in [2.45, 2.75) is 25.5 Å². The number of anilines is 1. The van der Waals surface area contributed by atoms with Crippen LogP contribution in [0.3, 0.4) is 0 Å². The summed E-state index contributed by atoms with van der Waals surface area (Å²) in [4.78, 5) is 23.6. The third-order valence-electron chi connectivity index (χ3n) is 5.87. The summed E-state index contributed by atoms with van der Waals surface area (Å²) in [7, 11) is 0. The average Bonchev–Trinajstić information content (AvgIpc) is 3.49. The van der Waals surface area contributed by atoms with Gasteiger partial charge in [0, 0.05) is 28.9 Å². The van der Waals surface area contributed by atoms with E-state index in [9.17, 15) is 9.18 Å². The molecule has 174 valence electrons. The van der Waals surface area contributed by atoms with Gasteiger partial charge in [0.15, 0.2) is 5.65 Å². The first-order valence-corrected chi connectivity index (χ1v) is 11.8. The first-order valence-electron chi connectivity index (χ1n) is 10.9. The fourth-order valence-corrected chi connectivity index (χ4v) is 4.98. The summed E-state index contributed by atoms with van der Waals surface area (Å²) in [5.74, 6) is 0.568. The predicted molar refractivity (Wildman–Crippen MR) is 129 cm³/mol. The van der Waals surface area contributed by atoms with E-state index in [-0.39, 0.29) is 17.8 Å². The number of benzene rings is 1. The number of likely N-dealkylation sites (tertiary alicyclic amines) is 1. The van der Waals surface area contributed by atoms with Gasteiger partial charge in [-0.15, -0.1) is 11.3 Å². The van der Waals surface area contributed by atoms with Gasteiger partial charge in [-0.2, -0.15) is 5.10 Å². The highest BCUT2D eigenvalue weighted by Gasteiger charge is 2.28. The largest absolute Gasteiger partial charge is 0.488 e. The third-order valence-corrected chi connectivity index (χ3v) is 6.78. The maximum Gasteiger partial charge on any atom is 0.246 e. The minimum atomic E-state index is -0.303. The van der Waals surface area contributed by atoms with Gasteiger partial charge in [-0.25, -0.2) is 19.0 Å². The number of halogens is 1. The molecule has 0 saturated carbocycles. The smallest absolute Gasteiger partial charge is 0.246 e. The fraction of sp³-hybridized carbons (Fsp3) is 0.250. The Morgan fingerprint density at radius 1 is 1.32 bits per heavy atom. The first kappa shape index (κ1) is 22.0. The quantitative estimate of drug-likeness (QED) is 0.417. The second-order valence-corrected chi connectivity index (χ2v) is 9.08. The maximum absolute atomic E-state index is 13.1. The fourth-order valence-electron chi connectivity index (χ4n) is 4.20. The summed E-state index contributed by atoms with van der Waals surface area (Å²) in [6.45, 7) is 5.19. The van der Waals surface area contributed by atoms with Crippen LogP contribution in [-0.2, 0) is 11.4 Å². The molecule has 10 heteroatoms. The molecular formula is C24H23FN6O2S. The molecular weight excluding hydrogens is 455 g/mol. The number of nitrogens with zero attached hydrogens (tertiary/aromatic N) is 5. The van der Waals surface area contributed by atoms with E-state index in [0.29, 0.717) is 48.0 Å². The van der Waals surface area contributed by atoms with E-state index in [1.807, 2.05) is 16.1 Å². The van der Waals surface area contributed by atoms with Crippen LogP contribution in [-0.4, -0.2) is 43.6 Å². The van der Waals surface area contributed by atoms with E-state index in [2.05, 4.69) is 16.5 Å². The van der Waals surface area contributed by atoms with Crippen LogP contribution in [0.2, 0.25) is 0 Å². The second-order valence-electron chi connectivity index (χ2n) is 8.08. The predicted octanol–water partition coefficient (Wildman–Crippen LogP) is 4.20. The third kappa shape index (κ3) is 4.24. The first-order chi connectivity index (χ1) is 16.5. The van der Waals surface area contributed by atoms with Gasteiger partial charge < -0.3 is 15.4 Å². The molecule has 1 aliphatic rings. The molecule has 4 aromatic rings. The van der Waals surface area contributed by atoms with Crippen LogP contribution in [0.25, 0.3) is 22.3 Å². The molecule has 0 spiro atoms. The average molecular weight is 479 g/mol. The van der Waals surface area contributed by atoms with Gasteiger partial charge in [0.2, 0.25) is 5.91 Å². The number of amides is 1. The van der Waals surface area contributed by atoms with Gasteiger partial charge in [0.05, 0.1) is 11.4 Å². The van der Waals surface area contributed by atoms with Crippen molar-refractivity contribution in [2.75, 3.05) is 18.8 Å². The number of hydrogen-bond acceptors (Lipinski definition) is 7. The van der Waals surface area contributed by atoms with Crippen LogP contribution >= 0.6 is 11.3 Å². The van der Waals surface area contributed by atoms with Crippen LogP contribution in [0, 0.1) is 5.82 Å². The van der Waals surface area contributed by atoms with Crippen molar-refractivity contribution >= 4 is 34.1 Å². The molecule has 0 bridgehead atoms. The Kier molecular flexibility index (Phi) is 5.97. The van der Waals surface area contributed by atoms with Crippen molar-refractivity contribution in [2.24, 2.45) is 0 Å². The topological polar surface area (TPSA) is 99.2 Å². The number of fused-ring (bicyclic) bond motifs is 1. The van der Waals surface area contributed by atoms with Crippen LogP contribution in [0.4, 0.5) is 10.2 Å². The Bertz CT molecular complexity index is 1350. The molecule has 1 saturated heterocycles. The molecule has 0 unspecified atom stereocenters. The van der Waals surface area contributed by atoms with Gasteiger partial charge in [-0.1, -0.05) is 6.58 Å². The maximum atomic E-state index is 13.1. The van der Waals surface area contributed by atoms with E-state index in [1.54, 1.807) is 17.0 Å². The standard InChI is InChI=1S/C24H23FN6O2S/c1-2-20(32)30-9-3-4-17(11-30)31-24-21(23(26)27-14-28-24)22(29-31)15-10-19(34-13-15)12-33-18-7-5-16(25)6-8-18/h2,5-8,10,13-14,17H,1,3-4,9,11-12H2,(H2,26,27,28)/t17-/m1/s1. The molecule has 8 nitrogen and oxygen atoms in total. The van der Waals surface area contributed by atoms with Crippen molar-refractivity contribution in [3.05, 3.63) is 65.4 Å². The normalized spacial score (nSPS) is 16.0. The van der Waals surface area contributed by atoms with Crippen LogP contribution in [0.5, 0.6) is 5.75 Å². The summed E-state index contributed by atoms with van der Waals surface area (Å²) in [5, 5.41) is 7.59. The highest BCUT2D eigenvalue weighted by molar-refractivity contribution is 7.10. The minimum absolute atomic E-state index is 0.0249. The number of ether oxygens (including phenoxy) is 1. The van der Waals surface area contributed by atoms with E-state index in [4.69, 9.17) is 15.6 Å². The summed E-state index contributed by atoms with van der Waals surface area (Å²) in [6.07, 6.45) is 4.52. The Morgan fingerprint density at radius 3 is 2.94 bits per heavy atom. The second kappa shape index (κ2) is 9.22. The minimum Gasteiger partial charge on any atom is -0.488 e. The number of rotatable bonds is 6. The number of aromatic nitrogens is 4. The lowest BCUT2D eigenvalue weighted by Gasteiger charge is -2.32. The number of nitrogens with two attached hydrogens (primary N) is 1. The monoisotopic (exact) mass is 478 g/mol. The highest BCUT2D eigenvalue weighted by atomic mass is 32.1. The van der Waals surface area contributed by atoms with E-state index < -0.39 is 0 Å². The summed E-state index contributed by atoms with van der Waals surface area (Å²) in [6, 6.07) is 7.91. The Morgan fingerprint density at radius 2 is 2.15 bits per heavy atom. The molecule has 1 fully saturated rings. The zero-order chi connectivity index (χ0) is 23.7. The van der Waals surface area contributed by atoms with Crippen molar-refractivity contribution < 1.29 is 13.9 Å². The molecule has 1 atom stereocenters.